The standard InChI is InChI=1S/C15H19N3O3S2/c1-2-18(15-16-12-5-3-4-6-13(12)22-15)14(19)11-17-7-9-23(20,21)10-8-17/h3-6H,2,7-11H2,1H3. The predicted octanol–water partition coefficient (Wildman–Crippen LogP) is 1.38. The van der Waals surface area contributed by atoms with Gasteiger partial charge in [-0.3, -0.25) is 14.6 Å². The van der Waals surface area contributed by atoms with E-state index in [0.29, 0.717) is 24.8 Å². The van der Waals surface area contributed by atoms with Crippen LogP contribution in [-0.2, 0) is 14.6 Å². The molecule has 0 aliphatic carbocycles. The van der Waals surface area contributed by atoms with Gasteiger partial charge in [-0.25, -0.2) is 13.4 Å². The molecule has 6 nitrogen and oxygen atoms in total. The van der Waals surface area contributed by atoms with Gasteiger partial charge in [-0.1, -0.05) is 23.5 Å². The van der Waals surface area contributed by atoms with Crippen molar-refractivity contribution in [3.8, 4) is 0 Å². The summed E-state index contributed by atoms with van der Waals surface area (Å²) in [5.74, 6) is 0.229. The average Bonchev–Trinajstić information content (AvgIpc) is 2.93. The molecule has 1 aliphatic rings. The van der Waals surface area contributed by atoms with Gasteiger partial charge in [0.25, 0.3) is 0 Å². The number of likely N-dealkylation sites (N-methyl/N-ethyl adjacent to an activating group) is 1. The first-order valence-corrected chi connectivity index (χ1v) is 10.2. The molecule has 0 radical (unpaired) electrons. The fourth-order valence-electron chi connectivity index (χ4n) is 2.58. The summed E-state index contributed by atoms with van der Waals surface area (Å²) in [6.07, 6.45) is 0. The zero-order valence-electron chi connectivity index (χ0n) is 12.9. The SMILES string of the molecule is CCN(C(=O)CN1CCS(=O)(=O)CC1)c1nc2ccccc2s1. The van der Waals surface area contributed by atoms with E-state index >= 15 is 0 Å². The van der Waals surface area contributed by atoms with E-state index in [9.17, 15) is 13.2 Å². The summed E-state index contributed by atoms with van der Waals surface area (Å²) in [6, 6.07) is 7.81. The van der Waals surface area contributed by atoms with Gasteiger partial charge in [0.05, 0.1) is 28.3 Å². The number of sulfone groups is 1. The number of hydrogen-bond donors (Lipinski definition) is 0. The lowest BCUT2D eigenvalue weighted by atomic mass is 10.3. The fourth-order valence-corrected chi connectivity index (χ4v) is 4.90. The second-order valence-electron chi connectivity index (χ2n) is 5.53. The lowest BCUT2D eigenvalue weighted by molar-refractivity contribution is -0.119. The van der Waals surface area contributed by atoms with Crippen molar-refractivity contribution in [1.29, 1.82) is 0 Å². The van der Waals surface area contributed by atoms with E-state index in [1.807, 2.05) is 36.1 Å². The summed E-state index contributed by atoms with van der Waals surface area (Å²) >= 11 is 1.50. The van der Waals surface area contributed by atoms with Crippen molar-refractivity contribution in [2.45, 2.75) is 6.92 Å². The van der Waals surface area contributed by atoms with Gasteiger partial charge in [0.2, 0.25) is 5.91 Å². The predicted molar refractivity (Wildman–Crippen MR) is 92.7 cm³/mol. The number of aromatic nitrogens is 1. The number of rotatable bonds is 4. The molecule has 2 heterocycles. The van der Waals surface area contributed by atoms with Gasteiger partial charge in [-0.2, -0.15) is 0 Å². The molecule has 2 aromatic rings. The van der Waals surface area contributed by atoms with Gasteiger partial charge in [0.15, 0.2) is 15.0 Å². The first-order valence-electron chi connectivity index (χ1n) is 7.57. The largest absolute Gasteiger partial charge is 0.292 e. The van der Waals surface area contributed by atoms with Crippen LogP contribution >= 0.6 is 11.3 Å². The molecule has 0 bridgehead atoms. The van der Waals surface area contributed by atoms with Crippen LogP contribution in [0.4, 0.5) is 5.13 Å². The third-order valence-electron chi connectivity index (χ3n) is 3.93. The number of anilines is 1. The Morgan fingerprint density at radius 2 is 2.00 bits per heavy atom. The maximum Gasteiger partial charge on any atom is 0.242 e. The third kappa shape index (κ3) is 3.70. The number of benzene rings is 1. The molecule has 1 amide bonds. The van der Waals surface area contributed by atoms with E-state index in [1.54, 1.807) is 4.90 Å². The Morgan fingerprint density at radius 3 is 2.65 bits per heavy atom. The quantitative estimate of drug-likeness (QED) is 0.830. The Labute approximate surface area is 139 Å². The van der Waals surface area contributed by atoms with E-state index < -0.39 is 9.84 Å². The molecule has 0 unspecified atom stereocenters. The van der Waals surface area contributed by atoms with Crippen molar-refractivity contribution in [1.82, 2.24) is 9.88 Å². The number of fused-ring (bicyclic) bond motifs is 1. The van der Waals surface area contributed by atoms with Crippen LogP contribution in [0.1, 0.15) is 6.92 Å². The Morgan fingerprint density at radius 1 is 1.30 bits per heavy atom. The van der Waals surface area contributed by atoms with Gasteiger partial charge < -0.3 is 0 Å². The molecule has 0 saturated carbocycles. The number of carbonyl (C=O) groups is 1. The van der Waals surface area contributed by atoms with Crippen molar-refractivity contribution in [3.63, 3.8) is 0 Å². The van der Waals surface area contributed by atoms with Crippen molar-refractivity contribution in [2.24, 2.45) is 0 Å². The molecule has 0 spiro atoms. The van der Waals surface area contributed by atoms with Crippen molar-refractivity contribution in [3.05, 3.63) is 24.3 Å². The molecule has 1 aromatic carbocycles. The molecular formula is C15H19N3O3S2. The van der Waals surface area contributed by atoms with Crippen molar-refractivity contribution in [2.75, 3.05) is 42.6 Å². The Balaban J connectivity index is 1.71. The van der Waals surface area contributed by atoms with Gasteiger partial charge >= 0.3 is 0 Å². The van der Waals surface area contributed by atoms with Crippen LogP contribution < -0.4 is 4.90 Å². The number of nitrogens with zero attached hydrogens (tertiary/aromatic N) is 3. The monoisotopic (exact) mass is 353 g/mol. The second kappa shape index (κ2) is 6.54. The Bertz CT molecular complexity index is 769. The van der Waals surface area contributed by atoms with Crippen LogP contribution in [0.25, 0.3) is 10.2 Å². The van der Waals surface area contributed by atoms with Gasteiger partial charge in [0, 0.05) is 19.6 Å². The average molecular weight is 353 g/mol. The zero-order valence-corrected chi connectivity index (χ0v) is 14.6. The summed E-state index contributed by atoms with van der Waals surface area (Å²) in [5, 5.41) is 0.698. The van der Waals surface area contributed by atoms with Crippen LogP contribution in [0.2, 0.25) is 0 Å². The minimum atomic E-state index is -2.92. The molecule has 0 atom stereocenters. The molecule has 1 saturated heterocycles. The highest BCUT2D eigenvalue weighted by molar-refractivity contribution is 7.91. The molecule has 1 aliphatic heterocycles. The first kappa shape index (κ1) is 16.4. The molecule has 23 heavy (non-hydrogen) atoms. The van der Waals surface area contributed by atoms with Crippen molar-refractivity contribution >= 4 is 42.4 Å². The fraction of sp³-hybridized carbons (Fsp3) is 0.467. The topological polar surface area (TPSA) is 70.6 Å². The van der Waals surface area contributed by atoms with Crippen LogP contribution in [0, 0.1) is 0 Å². The van der Waals surface area contributed by atoms with Gasteiger partial charge in [0.1, 0.15) is 0 Å². The van der Waals surface area contributed by atoms with Crippen LogP contribution in [-0.4, -0.2) is 61.9 Å². The number of para-hydroxylation sites is 1. The van der Waals surface area contributed by atoms with Gasteiger partial charge in [-0.05, 0) is 19.1 Å². The van der Waals surface area contributed by atoms with Gasteiger partial charge in [-0.15, -0.1) is 0 Å². The van der Waals surface area contributed by atoms with Crippen LogP contribution in [0.15, 0.2) is 24.3 Å². The Hall–Kier alpha value is -1.51. The number of amides is 1. The van der Waals surface area contributed by atoms with Crippen LogP contribution in [0.5, 0.6) is 0 Å². The highest BCUT2D eigenvalue weighted by Crippen LogP contribution is 2.28. The molecular weight excluding hydrogens is 334 g/mol. The molecule has 0 N–H and O–H groups in total. The number of carbonyl (C=O) groups excluding carboxylic acids is 1. The first-order chi connectivity index (χ1) is 11.0. The normalized spacial score (nSPS) is 18.1. The summed E-state index contributed by atoms with van der Waals surface area (Å²) in [5.41, 5.74) is 0.891. The van der Waals surface area contributed by atoms with Crippen LogP contribution in [0.3, 0.4) is 0 Å². The maximum absolute atomic E-state index is 12.6. The van der Waals surface area contributed by atoms with E-state index in [2.05, 4.69) is 4.98 Å². The lowest BCUT2D eigenvalue weighted by Gasteiger charge is -2.28. The second-order valence-corrected chi connectivity index (χ2v) is 8.84. The lowest BCUT2D eigenvalue weighted by Crippen LogP contribution is -2.46. The zero-order chi connectivity index (χ0) is 16.4. The molecule has 124 valence electrons. The summed E-state index contributed by atoms with van der Waals surface area (Å²) in [6.45, 7) is 3.55. The van der Waals surface area contributed by atoms with E-state index in [0.717, 1.165) is 10.2 Å². The third-order valence-corrected chi connectivity index (χ3v) is 6.60. The smallest absolute Gasteiger partial charge is 0.242 e. The number of hydrogen-bond acceptors (Lipinski definition) is 6. The highest BCUT2D eigenvalue weighted by Gasteiger charge is 2.25. The molecule has 8 heteroatoms. The number of thiazole rings is 1. The molecule has 1 fully saturated rings. The summed E-state index contributed by atoms with van der Waals surface area (Å²) in [7, 11) is -2.92. The highest BCUT2D eigenvalue weighted by atomic mass is 32.2. The minimum absolute atomic E-state index is 0.0362. The van der Waals surface area contributed by atoms with E-state index in [4.69, 9.17) is 0 Å². The molecule has 3 rings (SSSR count). The minimum Gasteiger partial charge on any atom is -0.292 e. The van der Waals surface area contributed by atoms with E-state index in [1.165, 1.54) is 11.3 Å². The van der Waals surface area contributed by atoms with E-state index in [-0.39, 0.29) is 24.0 Å². The summed E-state index contributed by atoms with van der Waals surface area (Å²) in [4.78, 5) is 20.7. The maximum atomic E-state index is 12.6. The van der Waals surface area contributed by atoms with Crippen molar-refractivity contribution < 1.29 is 13.2 Å². The molecule has 1 aromatic heterocycles. The Kier molecular flexibility index (Phi) is 4.65. The summed E-state index contributed by atoms with van der Waals surface area (Å²) < 4.78 is 24.0.